The molecule has 5 heteroatoms. The molecule has 98 valence electrons. The van der Waals surface area contributed by atoms with E-state index in [0.29, 0.717) is 11.3 Å². The standard InChI is InChI=1S/C14H14N2O2S/c1-10-11(2)14(9-15)16(12(10)3)19(17,18)13-7-5-4-6-8-13/h4-8H,1-3H3. The molecule has 19 heavy (non-hydrogen) atoms. The molecule has 1 aromatic carbocycles. The third kappa shape index (κ3) is 1.94. The molecule has 0 spiro atoms. The Bertz CT molecular complexity index is 766. The van der Waals surface area contributed by atoms with E-state index in [1.54, 1.807) is 32.0 Å². The molecular weight excluding hydrogens is 260 g/mol. The molecule has 1 heterocycles. The molecule has 2 aromatic rings. The molecule has 0 aliphatic carbocycles. The largest absolute Gasteiger partial charge is 0.268 e. The van der Waals surface area contributed by atoms with E-state index in [1.807, 2.05) is 13.0 Å². The summed E-state index contributed by atoms with van der Waals surface area (Å²) in [5, 5.41) is 9.21. The molecule has 4 nitrogen and oxygen atoms in total. The Kier molecular flexibility index (Phi) is 3.21. The summed E-state index contributed by atoms with van der Waals surface area (Å²) in [5.74, 6) is 0. The zero-order chi connectivity index (χ0) is 14.2. The second-order valence-electron chi connectivity index (χ2n) is 4.38. The number of hydrogen-bond donors (Lipinski definition) is 0. The first kappa shape index (κ1) is 13.4. The van der Waals surface area contributed by atoms with E-state index in [2.05, 4.69) is 0 Å². The summed E-state index contributed by atoms with van der Waals surface area (Å²) in [6, 6.07) is 10.1. The molecule has 0 N–H and O–H groups in total. The lowest BCUT2D eigenvalue weighted by Crippen LogP contribution is -2.16. The summed E-state index contributed by atoms with van der Waals surface area (Å²) >= 11 is 0. The van der Waals surface area contributed by atoms with E-state index in [1.165, 1.54) is 12.1 Å². The van der Waals surface area contributed by atoms with Crippen LogP contribution in [-0.4, -0.2) is 12.4 Å². The fourth-order valence-corrected chi connectivity index (χ4v) is 3.68. The Morgan fingerprint density at radius 1 is 1.05 bits per heavy atom. The number of nitrogens with zero attached hydrogens (tertiary/aromatic N) is 2. The minimum absolute atomic E-state index is 0.179. The van der Waals surface area contributed by atoms with Gasteiger partial charge in [0.05, 0.1) is 4.90 Å². The van der Waals surface area contributed by atoms with Crippen molar-refractivity contribution < 1.29 is 8.42 Å². The van der Waals surface area contributed by atoms with Crippen molar-refractivity contribution in [2.75, 3.05) is 0 Å². The highest BCUT2D eigenvalue weighted by Crippen LogP contribution is 2.25. The molecule has 1 aromatic heterocycles. The van der Waals surface area contributed by atoms with Crippen LogP contribution in [0.15, 0.2) is 35.2 Å². The monoisotopic (exact) mass is 274 g/mol. The highest BCUT2D eigenvalue weighted by atomic mass is 32.2. The van der Waals surface area contributed by atoms with Crippen LogP contribution in [0.2, 0.25) is 0 Å². The van der Waals surface area contributed by atoms with Gasteiger partial charge in [-0.05, 0) is 44.0 Å². The smallest absolute Gasteiger partial charge is 0.228 e. The first-order valence-electron chi connectivity index (χ1n) is 5.80. The summed E-state index contributed by atoms with van der Waals surface area (Å²) < 4.78 is 26.4. The maximum absolute atomic E-state index is 12.6. The highest BCUT2D eigenvalue weighted by molar-refractivity contribution is 7.90. The zero-order valence-corrected chi connectivity index (χ0v) is 11.8. The van der Waals surface area contributed by atoms with Crippen LogP contribution in [0.4, 0.5) is 0 Å². The third-order valence-corrected chi connectivity index (χ3v) is 5.16. The van der Waals surface area contributed by atoms with Crippen molar-refractivity contribution in [3.05, 3.63) is 52.8 Å². The van der Waals surface area contributed by atoms with Crippen molar-refractivity contribution in [2.24, 2.45) is 0 Å². The van der Waals surface area contributed by atoms with Gasteiger partial charge in [0.25, 0.3) is 10.0 Å². The zero-order valence-electron chi connectivity index (χ0n) is 11.0. The van der Waals surface area contributed by atoms with Crippen LogP contribution >= 0.6 is 0 Å². The van der Waals surface area contributed by atoms with E-state index in [9.17, 15) is 13.7 Å². The van der Waals surface area contributed by atoms with Gasteiger partial charge >= 0.3 is 0 Å². The summed E-state index contributed by atoms with van der Waals surface area (Å²) in [5.41, 5.74) is 2.30. The average molecular weight is 274 g/mol. The maximum atomic E-state index is 12.6. The van der Waals surface area contributed by atoms with E-state index < -0.39 is 10.0 Å². The predicted molar refractivity (Wildman–Crippen MR) is 72.4 cm³/mol. The molecule has 2 rings (SSSR count). The first-order valence-corrected chi connectivity index (χ1v) is 7.24. The van der Waals surface area contributed by atoms with Crippen LogP contribution in [0.3, 0.4) is 0 Å². The van der Waals surface area contributed by atoms with E-state index in [-0.39, 0.29) is 10.6 Å². The lowest BCUT2D eigenvalue weighted by Gasteiger charge is -2.09. The van der Waals surface area contributed by atoms with Crippen molar-refractivity contribution in [2.45, 2.75) is 25.7 Å². The molecular formula is C14H14N2O2S. The van der Waals surface area contributed by atoms with Gasteiger partial charge in [0.2, 0.25) is 0 Å². The van der Waals surface area contributed by atoms with E-state index in [0.717, 1.165) is 9.54 Å². The Morgan fingerprint density at radius 3 is 2.16 bits per heavy atom. The van der Waals surface area contributed by atoms with Gasteiger partial charge < -0.3 is 0 Å². The molecule has 0 aliphatic heterocycles. The molecule has 0 saturated carbocycles. The summed E-state index contributed by atoms with van der Waals surface area (Å²) in [7, 11) is -3.72. The third-order valence-electron chi connectivity index (χ3n) is 3.36. The van der Waals surface area contributed by atoms with Crippen molar-refractivity contribution in [1.29, 1.82) is 5.26 Å². The normalized spacial score (nSPS) is 11.3. The second-order valence-corrected chi connectivity index (χ2v) is 6.17. The number of benzene rings is 1. The number of aromatic nitrogens is 1. The molecule has 0 amide bonds. The lowest BCUT2D eigenvalue weighted by molar-refractivity contribution is 0.585. The van der Waals surface area contributed by atoms with Gasteiger partial charge in [-0.1, -0.05) is 18.2 Å². The van der Waals surface area contributed by atoms with Gasteiger partial charge in [-0.2, -0.15) is 5.26 Å². The van der Waals surface area contributed by atoms with Gasteiger partial charge in [-0.15, -0.1) is 0 Å². The highest BCUT2D eigenvalue weighted by Gasteiger charge is 2.25. The van der Waals surface area contributed by atoms with Gasteiger partial charge in [0.15, 0.2) is 0 Å². The molecule has 0 saturated heterocycles. The van der Waals surface area contributed by atoms with Crippen molar-refractivity contribution >= 4 is 10.0 Å². The Labute approximate surface area is 113 Å². The van der Waals surface area contributed by atoms with Crippen LogP contribution in [0.25, 0.3) is 0 Å². The molecule has 0 fully saturated rings. The topological polar surface area (TPSA) is 62.9 Å². The summed E-state index contributed by atoms with van der Waals surface area (Å²) in [6.07, 6.45) is 0. The van der Waals surface area contributed by atoms with E-state index in [4.69, 9.17) is 0 Å². The fraction of sp³-hybridized carbons (Fsp3) is 0.214. The van der Waals surface area contributed by atoms with Crippen molar-refractivity contribution in [3.63, 3.8) is 0 Å². The van der Waals surface area contributed by atoms with Crippen LogP contribution in [0.1, 0.15) is 22.5 Å². The Morgan fingerprint density at radius 2 is 1.63 bits per heavy atom. The van der Waals surface area contributed by atoms with Gasteiger partial charge in [0.1, 0.15) is 11.8 Å². The quantitative estimate of drug-likeness (QED) is 0.845. The van der Waals surface area contributed by atoms with Crippen LogP contribution in [0.5, 0.6) is 0 Å². The van der Waals surface area contributed by atoms with Crippen LogP contribution < -0.4 is 0 Å². The van der Waals surface area contributed by atoms with Crippen LogP contribution in [-0.2, 0) is 10.0 Å². The van der Waals surface area contributed by atoms with Crippen LogP contribution in [0, 0.1) is 32.1 Å². The van der Waals surface area contributed by atoms with Gasteiger partial charge in [0, 0.05) is 5.69 Å². The van der Waals surface area contributed by atoms with E-state index >= 15 is 0 Å². The van der Waals surface area contributed by atoms with Gasteiger partial charge in [-0.25, -0.2) is 12.4 Å². The lowest BCUT2D eigenvalue weighted by atomic mass is 10.2. The summed E-state index contributed by atoms with van der Waals surface area (Å²) in [4.78, 5) is 0.185. The SMILES string of the molecule is Cc1c(C)c(C#N)n(S(=O)(=O)c2ccccc2)c1C. The number of hydrogen-bond acceptors (Lipinski definition) is 3. The summed E-state index contributed by atoms with van der Waals surface area (Å²) in [6.45, 7) is 5.30. The van der Waals surface area contributed by atoms with Crippen molar-refractivity contribution in [3.8, 4) is 6.07 Å². The Hall–Kier alpha value is -2.06. The minimum atomic E-state index is -3.72. The molecule has 0 radical (unpaired) electrons. The predicted octanol–water partition coefficient (Wildman–Crippen LogP) is 2.52. The van der Waals surface area contributed by atoms with Crippen molar-refractivity contribution in [1.82, 2.24) is 3.97 Å². The number of nitriles is 1. The molecule has 0 atom stereocenters. The first-order chi connectivity index (χ1) is 8.91. The minimum Gasteiger partial charge on any atom is -0.228 e. The number of rotatable bonds is 2. The average Bonchev–Trinajstić information content (AvgIpc) is 2.64. The Balaban J connectivity index is 2.81. The maximum Gasteiger partial charge on any atom is 0.268 e. The molecule has 0 bridgehead atoms. The molecule has 0 aliphatic rings. The second kappa shape index (κ2) is 4.56. The van der Waals surface area contributed by atoms with Gasteiger partial charge in [-0.3, -0.25) is 0 Å². The molecule has 0 unspecified atom stereocenters. The fourth-order valence-electron chi connectivity index (χ4n) is 2.05.